The minimum absolute atomic E-state index is 0.0592. The number of esters is 2. The van der Waals surface area contributed by atoms with Crippen molar-refractivity contribution in [1.82, 2.24) is 0 Å². The van der Waals surface area contributed by atoms with Crippen LogP contribution < -0.4 is 0 Å². The molecule has 0 aliphatic heterocycles. The molecule has 1 fully saturated rings. The summed E-state index contributed by atoms with van der Waals surface area (Å²) >= 11 is 0. The van der Waals surface area contributed by atoms with Crippen molar-refractivity contribution in [2.24, 2.45) is 0 Å². The van der Waals surface area contributed by atoms with Crippen LogP contribution in [-0.4, -0.2) is 98.3 Å². The summed E-state index contributed by atoms with van der Waals surface area (Å²) in [7, 11) is -5.13. The zero-order chi connectivity index (χ0) is 47.8. The van der Waals surface area contributed by atoms with E-state index >= 15 is 0 Å². The highest BCUT2D eigenvalue weighted by atomic mass is 31.2. The number of unbranched alkanes of at least 4 members (excludes halogenated alkanes) is 19. The number of phosphoric ester groups is 1. The molecule has 0 aromatic rings. The van der Waals surface area contributed by atoms with Crippen LogP contribution >= 0.6 is 7.82 Å². The lowest BCUT2D eigenvalue weighted by molar-refractivity contribution is -0.220. The van der Waals surface area contributed by atoms with Crippen LogP contribution in [-0.2, 0) is 32.7 Å². The van der Waals surface area contributed by atoms with E-state index in [4.69, 9.17) is 18.5 Å². The molecule has 0 aromatic carbocycles. The van der Waals surface area contributed by atoms with Crippen molar-refractivity contribution in [1.29, 1.82) is 0 Å². The fourth-order valence-electron chi connectivity index (χ4n) is 7.33. The van der Waals surface area contributed by atoms with Crippen LogP contribution in [0.25, 0.3) is 0 Å². The predicted octanol–water partition coefficient (Wildman–Crippen LogP) is 10.5. The Morgan fingerprint density at radius 3 is 1.35 bits per heavy atom. The Labute approximate surface area is 392 Å². The maximum atomic E-state index is 12.8. The van der Waals surface area contributed by atoms with Crippen LogP contribution in [0.5, 0.6) is 0 Å². The van der Waals surface area contributed by atoms with E-state index in [0.717, 1.165) is 70.6 Å². The summed E-state index contributed by atoms with van der Waals surface area (Å²) < 4.78 is 33.5. The summed E-state index contributed by atoms with van der Waals surface area (Å²) in [6, 6.07) is 0. The van der Waals surface area contributed by atoms with Crippen molar-refractivity contribution in [3.63, 3.8) is 0 Å². The van der Waals surface area contributed by atoms with Crippen molar-refractivity contribution in [3.05, 3.63) is 60.8 Å². The third kappa shape index (κ3) is 32.8. The number of hydrogen-bond acceptors (Lipinski definition) is 12. The van der Waals surface area contributed by atoms with Crippen LogP contribution in [0.3, 0.4) is 0 Å². The lowest BCUT2D eigenvalue weighted by Crippen LogP contribution is -2.64. The first-order chi connectivity index (χ1) is 31.4. The maximum absolute atomic E-state index is 12.8. The van der Waals surface area contributed by atoms with Crippen molar-refractivity contribution in [2.45, 2.75) is 236 Å². The van der Waals surface area contributed by atoms with Crippen LogP contribution in [0.1, 0.15) is 194 Å². The van der Waals surface area contributed by atoms with Crippen LogP contribution in [0, 0.1) is 0 Å². The van der Waals surface area contributed by atoms with E-state index in [9.17, 15) is 44.6 Å². The number of ether oxygens (including phenoxy) is 2. The maximum Gasteiger partial charge on any atom is 0.472 e. The van der Waals surface area contributed by atoms with Crippen molar-refractivity contribution in [3.8, 4) is 0 Å². The Hall–Kier alpha value is -2.45. The highest BCUT2D eigenvalue weighted by molar-refractivity contribution is 7.47. The molecular formula is C51H89O13P. The van der Waals surface area contributed by atoms with Gasteiger partial charge in [-0.2, -0.15) is 0 Å². The van der Waals surface area contributed by atoms with Crippen LogP contribution in [0.2, 0.25) is 0 Å². The Balaban J connectivity index is 2.38. The summed E-state index contributed by atoms with van der Waals surface area (Å²) in [4.78, 5) is 35.7. The monoisotopic (exact) mass is 941 g/mol. The molecule has 6 atom stereocenters. The molecule has 14 heteroatoms. The zero-order valence-corrected chi connectivity index (χ0v) is 40.9. The molecule has 6 unspecified atom stereocenters. The summed E-state index contributed by atoms with van der Waals surface area (Å²) in [6.07, 6.45) is 37.1. The number of rotatable bonds is 41. The molecular weight excluding hydrogens is 852 g/mol. The average Bonchev–Trinajstić information content (AvgIpc) is 3.29. The van der Waals surface area contributed by atoms with Gasteiger partial charge in [0.05, 0.1) is 6.61 Å². The molecule has 0 radical (unpaired) electrons. The molecule has 0 spiro atoms. The lowest BCUT2D eigenvalue weighted by Gasteiger charge is -2.41. The highest BCUT2D eigenvalue weighted by Gasteiger charge is 2.51. The predicted molar refractivity (Wildman–Crippen MR) is 258 cm³/mol. The zero-order valence-electron chi connectivity index (χ0n) is 40.0. The number of hydrogen-bond donors (Lipinski definition) is 6. The topological polar surface area (TPSA) is 210 Å². The van der Waals surface area contributed by atoms with Gasteiger partial charge in [-0.05, 0) is 77.0 Å². The third-order valence-corrected chi connectivity index (χ3v) is 12.3. The van der Waals surface area contributed by atoms with Gasteiger partial charge in [-0.25, -0.2) is 4.57 Å². The molecule has 1 aliphatic carbocycles. The molecule has 0 heterocycles. The second kappa shape index (κ2) is 40.6. The van der Waals surface area contributed by atoms with Gasteiger partial charge >= 0.3 is 19.8 Å². The van der Waals surface area contributed by atoms with Gasteiger partial charge in [0.2, 0.25) is 0 Å². The van der Waals surface area contributed by atoms with E-state index in [1.165, 1.54) is 83.5 Å². The van der Waals surface area contributed by atoms with E-state index in [1.54, 1.807) is 0 Å². The van der Waals surface area contributed by atoms with Crippen molar-refractivity contribution in [2.75, 3.05) is 13.2 Å². The second-order valence-electron chi connectivity index (χ2n) is 17.3. The minimum atomic E-state index is -5.13. The fourth-order valence-corrected chi connectivity index (χ4v) is 8.30. The average molecular weight is 941 g/mol. The molecule has 0 bridgehead atoms. The lowest BCUT2D eigenvalue weighted by atomic mass is 9.85. The van der Waals surface area contributed by atoms with Gasteiger partial charge in [0.25, 0.3) is 0 Å². The Morgan fingerprint density at radius 1 is 0.492 bits per heavy atom. The number of phosphoric acid groups is 1. The molecule has 1 rings (SSSR count). The van der Waals surface area contributed by atoms with E-state index in [1.807, 2.05) is 0 Å². The van der Waals surface area contributed by atoms with Crippen molar-refractivity contribution >= 4 is 19.8 Å². The Bertz CT molecular complexity index is 1370. The van der Waals surface area contributed by atoms with Gasteiger partial charge < -0.3 is 39.9 Å². The van der Waals surface area contributed by atoms with Gasteiger partial charge in [-0.3, -0.25) is 18.6 Å². The molecule has 65 heavy (non-hydrogen) atoms. The highest BCUT2D eigenvalue weighted by Crippen LogP contribution is 2.47. The standard InChI is InChI=1S/C51H89O13P/c1-3-5-7-9-11-13-15-17-18-19-20-21-22-23-24-25-26-28-29-31-33-35-37-39-44(52)61-41-43(42-62-65(59,60)64-51-49(57)47(55)46(54)48(56)50(51)58)63-45(53)40-38-36-34-32-30-27-16-14-12-10-8-6-4-2/h6,8,12,14-15,17,19-20,27,30,43,46-51,54-58H,3-5,7,9-11,13,16,18,21-26,28-29,31-42H2,1-2H3,(H,59,60)/b8-6-,14-12-,17-15-,20-19-,30-27-. The first kappa shape index (κ1) is 60.6. The first-order valence-electron chi connectivity index (χ1n) is 25.1. The molecule has 1 aliphatic rings. The normalized spacial score (nSPS) is 21.9. The molecule has 1 saturated carbocycles. The van der Waals surface area contributed by atoms with E-state index < -0.39 is 75.7 Å². The van der Waals surface area contributed by atoms with Gasteiger partial charge in [0.1, 0.15) is 43.2 Å². The molecule has 0 aromatic heterocycles. The minimum Gasteiger partial charge on any atom is -0.462 e. The number of aliphatic hydroxyl groups is 5. The van der Waals surface area contributed by atoms with E-state index in [0.29, 0.717) is 12.8 Å². The fraction of sp³-hybridized carbons (Fsp3) is 0.765. The molecule has 6 N–H and O–H groups in total. The van der Waals surface area contributed by atoms with Crippen LogP contribution in [0.4, 0.5) is 0 Å². The first-order valence-corrected chi connectivity index (χ1v) is 26.6. The van der Waals surface area contributed by atoms with Gasteiger partial charge in [0.15, 0.2) is 6.10 Å². The second-order valence-corrected chi connectivity index (χ2v) is 18.7. The summed E-state index contributed by atoms with van der Waals surface area (Å²) in [5.74, 6) is -1.14. The van der Waals surface area contributed by atoms with E-state index in [2.05, 4.69) is 74.6 Å². The molecule has 376 valence electrons. The van der Waals surface area contributed by atoms with Gasteiger partial charge in [-0.15, -0.1) is 0 Å². The van der Waals surface area contributed by atoms with Crippen molar-refractivity contribution < 1.29 is 63.1 Å². The molecule has 0 saturated heterocycles. The number of allylic oxidation sites excluding steroid dienone is 10. The van der Waals surface area contributed by atoms with Crippen LogP contribution in [0.15, 0.2) is 60.8 Å². The third-order valence-electron chi connectivity index (χ3n) is 11.3. The Morgan fingerprint density at radius 2 is 0.877 bits per heavy atom. The summed E-state index contributed by atoms with van der Waals surface area (Å²) in [5, 5.41) is 50.2. The van der Waals surface area contributed by atoms with Gasteiger partial charge in [0, 0.05) is 12.8 Å². The smallest absolute Gasteiger partial charge is 0.462 e. The van der Waals surface area contributed by atoms with E-state index in [-0.39, 0.29) is 12.8 Å². The Kier molecular flexibility index (Phi) is 37.8. The summed E-state index contributed by atoms with van der Waals surface area (Å²) in [5.41, 5.74) is 0. The number of carbonyl (C=O) groups excluding carboxylic acids is 2. The van der Waals surface area contributed by atoms with Gasteiger partial charge in [-0.1, -0.05) is 164 Å². The molecule has 0 amide bonds. The number of aliphatic hydroxyl groups excluding tert-OH is 5. The SMILES string of the molecule is CC/C=C\C/C=C\C/C=C\CCCCCC(=O)OC(COC(=O)CCCCCCCCCCCCC/C=C\C/C=C\CCCCCCC)COP(=O)(O)OC1C(O)C(O)C(O)C(O)C1O. The largest absolute Gasteiger partial charge is 0.472 e. The quantitative estimate of drug-likeness (QED) is 0.0146. The summed E-state index contributed by atoms with van der Waals surface area (Å²) in [6.45, 7) is 3.15. The number of carbonyl (C=O) groups is 2. The molecule has 13 nitrogen and oxygen atoms in total.